The number of H-pyrrole nitrogens is 1. The van der Waals surface area contributed by atoms with Crippen LogP contribution in [-0.4, -0.2) is 10.9 Å². The zero-order valence-corrected chi connectivity index (χ0v) is 9.31. The average molecular weight is 241 g/mol. The molecule has 0 saturated carbocycles. The van der Waals surface area contributed by atoms with E-state index < -0.39 is 5.90 Å². The Labute approximate surface area is 93.2 Å². The van der Waals surface area contributed by atoms with E-state index in [1.165, 1.54) is 22.7 Å². The van der Waals surface area contributed by atoms with E-state index in [4.69, 9.17) is 17.6 Å². The van der Waals surface area contributed by atoms with Crippen molar-refractivity contribution in [2.45, 2.75) is 0 Å². The molecular weight excluding hydrogens is 236 g/mol. The molecule has 14 heavy (non-hydrogen) atoms. The zero-order valence-electron chi connectivity index (χ0n) is 6.87. The molecule has 0 aliphatic carbocycles. The lowest BCUT2D eigenvalue weighted by molar-refractivity contribution is -0.214. The van der Waals surface area contributed by atoms with Crippen molar-refractivity contribution in [1.82, 2.24) is 4.98 Å². The molecule has 2 aromatic rings. The van der Waals surface area contributed by atoms with Gasteiger partial charge in [0, 0.05) is 10.3 Å². The summed E-state index contributed by atoms with van der Waals surface area (Å²) in [7, 11) is 0. The lowest BCUT2D eigenvalue weighted by Gasteiger charge is -2.00. The van der Waals surface area contributed by atoms with Gasteiger partial charge in [-0.05, 0) is 30.2 Å². The van der Waals surface area contributed by atoms with Crippen molar-refractivity contribution < 1.29 is 5.11 Å². The molecule has 0 atom stereocenters. The third-order valence-corrected chi connectivity index (χ3v) is 3.79. The van der Waals surface area contributed by atoms with Gasteiger partial charge < -0.3 is 15.5 Å². The minimum atomic E-state index is -0.643. The Morgan fingerprint density at radius 3 is 2.79 bits per heavy atom. The van der Waals surface area contributed by atoms with E-state index in [1.54, 1.807) is 6.07 Å². The molecule has 0 saturated heterocycles. The summed E-state index contributed by atoms with van der Waals surface area (Å²) in [5.41, 5.74) is 0.914. The number of thiazole rings is 1. The van der Waals surface area contributed by atoms with Crippen LogP contribution < -0.4 is 5.11 Å². The van der Waals surface area contributed by atoms with Crippen LogP contribution in [0.4, 0.5) is 0 Å². The number of rotatable bonds is 2. The number of thiophene rings is 1. The van der Waals surface area contributed by atoms with Crippen molar-refractivity contribution >= 4 is 40.8 Å². The predicted octanol–water partition coefficient (Wildman–Crippen LogP) is 2.22. The SMILES string of the molecule is N=C([O-])c1ccc(-c2csc(=S)[nH]2)s1. The standard InChI is InChI=1S/C8H6N2OS3/c9-7(11)6-2-1-5(14-6)4-3-13-8(12)10-4/h1-3H,(H2,9,11)(H,10,12)/p-1. The van der Waals surface area contributed by atoms with E-state index in [-0.39, 0.29) is 0 Å². The summed E-state index contributed by atoms with van der Waals surface area (Å²) in [6, 6.07) is 3.48. The predicted molar refractivity (Wildman–Crippen MR) is 59.6 cm³/mol. The Hall–Kier alpha value is -0.980. The van der Waals surface area contributed by atoms with Crippen molar-refractivity contribution in [1.29, 1.82) is 5.41 Å². The highest BCUT2D eigenvalue weighted by Crippen LogP contribution is 2.27. The normalized spacial score (nSPS) is 10.3. The van der Waals surface area contributed by atoms with E-state index in [1.807, 2.05) is 11.4 Å². The maximum absolute atomic E-state index is 10.7. The monoisotopic (exact) mass is 241 g/mol. The van der Waals surface area contributed by atoms with Crippen molar-refractivity contribution in [3.05, 3.63) is 26.3 Å². The molecule has 0 spiro atoms. The molecule has 0 amide bonds. The highest BCUT2D eigenvalue weighted by molar-refractivity contribution is 7.73. The van der Waals surface area contributed by atoms with Gasteiger partial charge in [0.05, 0.1) is 10.6 Å². The molecule has 0 aromatic carbocycles. The fourth-order valence-corrected chi connectivity index (χ4v) is 2.74. The molecule has 6 heteroatoms. The van der Waals surface area contributed by atoms with Crippen LogP contribution >= 0.6 is 34.9 Å². The fraction of sp³-hybridized carbons (Fsp3) is 0. The summed E-state index contributed by atoms with van der Waals surface area (Å²) in [5.74, 6) is -0.643. The first kappa shape index (κ1) is 9.57. The topological polar surface area (TPSA) is 62.7 Å². The van der Waals surface area contributed by atoms with Gasteiger partial charge in [0.25, 0.3) is 0 Å². The lowest BCUT2D eigenvalue weighted by Crippen LogP contribution is -2.14. The highest BCUT2D eigenvalue weighted by Gasteiger charge is 2.03. The van der Waals surface area contributed by atoms with Gasteiger partial charge in [-0.15, -0.1) is 22.7 Å². The molecule has 2 heterocycles. The summed E-state index contributed by atoms with van der Waals surface area (Å²) in [6.45, 7) is 0. The van der Waals surface area contributed by atoms with Gasteiger partial charge in [-0.25, -0.2) is 0 Å². The number of hydrogen-bond donors (Lipinski definition) is 2. The third kappa shape index (κ3) is 1.77. The summed E-state index contributed by atoms with van der Waals surface area (Å²) >= 11 is 7.71. The van der Waals surface area contributed by atoms with Gasteiger partial charge in [0.15, 0.2) is 3.95 Å². The molecule has 0 bridgehead atoms. The Morgan fingerprint density at radius 2 is 2.29 bits per heavy atom. The van der Waals surface area contributed by atoms with Crippen LogP contribution in [0.15, 0.2) is 17.5 Å². The summed E-state index contributed by atoms with van der Waals surface area (Å²) in [4.78, 5) is 4.40. The van der Waals surface area contributed by atoms with E-state index >= 15 is 0 Å². The quantitative estimate of drug-likeness (QED) is 0.481. The van der Waals surface area contributed by atoms with Crippen LogP contribution in [0.5, 0.6) is 0 Å². The van der Waals surface area contributed by atoms with Gasteiger partial charge in [0.1, 0.15) is 0 Å². The maximum Gasteiger partial charge on any atom is 0.158 e. The third-order valence-electron chi connectivity index (χ3n) is 1.62. The number of aromatic nitrogens is 1. The van der Waals surface area contributed by atoms with E-state index in [0.717, 1.165) is 10.6 Å². The largest absolute Gasteiger partial charge is 0.858 e. The summed E-state index contributed by atoms with van der Waals surface area (Å²) in [5, 5.41) is 19.6. The van der Waals surface area contributed by atoms with Gasteiger partial charge in [-0.1, -0.05) is 0 Å². The Kier molecular flexibility index (Phi) is 2.49. The van der Waals surface area contributed by atoms with Crippen molar-refractivity contribution in [3.8, 4) is 10.6 Å². The van der Waals surface area contributed by atoms with Crippen LogP contribution in [0.2, 0.25) is 0 Å². The van der Waals surface area contributed by atoms with Gasteiger partial charge >= 0.3 is 0 Å². The first-order chi connectivity index (χ1) is 6.66. The molecule has 0 aliphatic rings. The second-order valence-electron chi connectivity index (χ2n) is 2.55. The first-order valence-corrected chi connectivity index (χ1v) is 5.81. The molecule has 0 radical (unpaired) electrons. The molecule has 2 N–H and O–H groups in total. The van der Waals surface area contributed by atoms with Crippen molar-refractivity contribution in [2.24, 2.45) is 0 Å². The van der Waals surface area contributed by atoms with Crippen molar-refractivity contribution in [3.63, 3.8) is 0 Å². The number of hydrogen-bond acceptors (Lipinski definition) is 5. The minimum Gasteiger partial charge on any atom is -0.858 e. The summed E-state index contributed by atoms with van der Waals surface area (Å²) < 4.78 is 0.715. The van der Waals surface area contributed by atoms with E-state index in [9.17, 15) is 5.11 Å². The average Bonchev–Trinajstić information content (AvgIpc) is 2.70. The second kappa shape index (κ2) is 3.64. The molecule has 0 aliphatic heterocycles. The van der Waals surface area contributed by atoms with Gasteiger partial charge in [-0.3, -0.25) is 0 Å². The van der Waals surface area contributed by atoms with E-state index in [2.05, 4.69) is 4.98 Å². The highest BCUT2D eigenvalue weighted by atomic mass is 32.1. The van der Waals surface area contributed by atoms with Crippen LogP contribution in [0.3, 0.4) is 0 Å². The van der Waals surface area contributed by atoms with Gasteiger partial charge in [-0.2, -0.15) is 0 Å². The second-order valence-corrected chi connectivity index (χ2v) is 5.18. The molecule has 2 aromatic heterocycles. The summed E-state index contributed by atoms with van der Waals surface area (Å²) in [6.07, 6.45) is 0. The lowest BCUT2D eigenvalue weighted by atomic mass is 10.4. The Bertz CT molecular complexity index is 522. The van der Waals surface area contributed by atoms with Crippen LogP contribution in [0.1, 0.15) is 4.88 Å². The van der Waals surface area contributed by atoms with Crippen LogP contribution in [0, 0.1) is 9.36 Å². The zero-order chi connectivity index (χ0) is 10.1. The molecule has 3 nitrogen and oxygen atoms in total. The molecule has 0 unspecified atom stereocenters. The van der Waals surface area contributed by atoms with E-state index in [0.29, 0.717) is 8.83 Å². The Balaban J connectivity index is 2.43. The number of nitrogens with one attached hydrogen (secondary N) is 2. The number of aromatic amines is 1. The first-order valence-electron chi connectivity index (χ1n) is 3.71. The molecule has 72 valence electrons. The van der Waals surface area contributed by atoms with Gasteiger partial charge in [0.2, 0.25) is 0 Å². The fourth-order valence-electron chi connectivity index (χ4n) is 1.01. The maximum atomic E-state index is 10.7. The van der Waals surface area contributed by atoms with Crippen molar-refractivity contribution in [2.75, 3.05) is 0 Å². The smallest absolute Gasteiger partial charge is 0.158 e. The molecule has 0 fully saturated rings. The molecule has 2 rings (SSSR count). The van der Waals surface area contributed by atoms with Crippen LogP contribution in [-0.2, 0) is 0 Å². The van der Waals surface area contributed by atoms with Crippen LogP contribution in [0.25, 0.3) is 10.6 Å². The molecular formula is C8H5N2OS3-. The Morgan fingerprint density at radius 1 is 1.50 bits per heavy atom. The minimum absolute atomic E-state index is 0.450.